The minimum absolute atomic E-state index is 0.132. The average molecular weight is 358 g/mol. The number of aliphatic hydroxyl groups is 1. The molecule has 24 heavy (non-hydrogen) atoms. The van der Waals surface area contributed by atoms with Gasteiger partial charge in [0, 0.05) is 23.0 Å². The average Bonchev–Trinajstić information content (AvgIpc) is 2.43. The van der Waals surface area contributed by atoms with Crippen molar-refractivity contribution in [2.45, 2.75) is 70.1 Å². The van der Waals surface area contributed by atoms with Gasteiger partial charge in [-0.15, -0.1) is 0 Å². The van der Waals surface area contributed by atoms with Gasteiger partial charge in [-0.2, -0.15) is 0 Å². The van der Waals surface area contributed by atoms with E-state index in [1.807, 2.05) is 20.8 Å². The highest BCUT2D eigenvalue weighted by Crippen LogP contribution is 2.36. The largest absolute Gasteiger partial charge is 0.465 e. The summed E-state index contributed by atoms with van der Waals surface area (Å²) >= 11 is 5.91. The Morgan fingerprint density at radius 3 is 2.46 bits per heavy atom. The lowest BCUT2D eigenvalue weighted by molar-refractivity contribution is -0.0307. The third-order valence-corrected chi connectivity index (χ3v) is 4.94. The van der Waals surface area contributed by atoms with Crippen molar-refractivity contribution in [3.63, 3.8) is 0 Å². The molecular formula is C18H25ClFNO3. The topological polar surface area (TPSA) is 60.8 Å². The molecule has 1 aromatic carbocycles. The van der Waals surface area contributed by atoms with Gasteiger partial charge in [0.15, 0.2) is 0 Å². The van der Waals surface area contributed by atoms with Crippen molar-refractivity contribution in [2.24, 2.45) is 0 Å². The van der Waals surface area contributed by atoms with E-state index in [0.29, 0.717) is 36.3 Å². The normalized spacial score (nSPS) is 24.7. The van der Waals surface area contributed by atoms with Gasteiger partial charge >= 0.3 is 6.09 Å². The van der Waals surface area contributed by atoms with E-state index >= 15 is 0 Å². The van der Waals surface area contributed by atoms with E-state index in [1.54, 1.807) is 6.07 Å². The molecule has 1 amide bonds. The van der Waals surface area contributed by atoms with Crippen LogP contribution in [0.1, 0.15) is 52.0 Å². The molecule has 1 aliphatic carbocycles. The SMILES string of the molecule is CC(C)(C)N(C(=O)O)C1CCC(O)(Cc2cc(Cl)ccc2F)CC1. The van der Waals surface area contributed by atoms with Crippen molar-refractivity contribution in [1.29, 1.82) is 0 Å². The smallest absolute Gasteiger partial charge is 0.407 e. The molecule has 0 aliphatic heterocycles. The fraction of sp³-hybridized carbons (Fsp3) is 0.611. The number of carbonyl (C=O) groups is 1. The monoisotopic (exact) mass is 357 g/mol. The van der Waals surface area contributed by atoms with Gasteiger partial charge < -0.3 is 15.1 Å². The van der Waals surface area contributed by atoms with E-state index < -0.39 is 17.2 Å². The molecule has 2 N–H and O–H groups in total. The van der Waals surface area contributed by atoms with E-state index in [-0.39, 0.29) is 18.3 Å². The Hall–Kier alpha value is -1.33. The first kappa shape index (κ1) is 19.0. The van der Waals surface area contributed by atoms with Crippen LogP contribution in [0, 0.1) is 5.82 Å². The van der Waals surface area contributed by atoms with Crippen molar-refractivity contribution in [2.75, 3.05) is 0 Å². The highest BCUT2D eigenvalue weighted by atomic mass is 35.5. The summed E-state index contributed by atoms with van der Waals surface area (Å²) in [6, 6.07) is 4.19. The number of nitrogens with zero attached hydrogens (tertiary/aromatic N) is 1. The van der Waals surface area contributed by atoms with Crippen LogP contribution in [0.5, 0.6) is 0 Å². The zero-order valence-electron chi connectivity index (χ0n) is 14.4. The first-order valence-electron chi connectivity index (χ1n) is 8.20. The quantitative estimate of drug-likeness (QED) is 0.838. The number of amides is 1. The highest BCUT2D eigenvalue weighted by molar-refractivity contribution is 6.30. The predicted octanol–water partition coefficient (Wildman–Crippen LogP) is 4.47. The molecule has 0 atom stereocenters. The molecule has 0 saturated heterocycles. The van der Waals surface area contributed by atoms with Gasteiger partial charge in [-0.3, -0.25) is 0 Å². The Morgan fingerprint density at radius 2 is 1.96 bits per heavy atom. The third-order valence-electron chi connectivity index (χ3n) is 4.71. The van der Waals surface area contributed by atoms with Crippen LogP contribution < -0.4 is 0 Å². The van der Waals surface area contributed by atoms with Crippen molar-refractivity contribution >= 4 is 17.7 Å². The van der Waals surface area contributed by atoms with Crippen LogP contribution >= 0.6 is 11.6 Å². The molecule has 0 unspecified atom stereocenters. The third kappa shape index (κ3) is 4.39. The molecule has 0 spiro atoms. The fourth-order valence-electron chi connectivity index (χ4n) is 3.60. The number of hydrogen-bond donors (Lipinski definition) is 2. The molecule has 0 bridgehead atoms. The summed E-state index contributed by atoms with van der Waals surface area (Å²) in [5.74, 6) is -0.378. The lowest BCUT2D eigenvalue weighted by atomic mass is 9.77. The molecule has 6 heteroatoms. The summed E-state index contributed by atoms with van der Waals surface area (Å²) in [6.07, 6.45) is 1.23. The summed E-state index contributed by atoms with van der Waals surface area (Å²) in [5, 5.41) is 20.7. The van der Waals surface area contributed by atoms with E-state index in [1.165, 1.54) is 17.0 Å². The summed E-state index contributed by atoms with van der Waals surface area (Å²) in [5.41, 5.74) is -1.12. The molecule has 134 valence electrons. The maximum atomic E-state index is 13.9. The maximum absolute atomic E-state index is 13.9. The molecule has 0 heterocycles. The lowest BCUT2D eigenvalue weighted by Crippen LogP contribution is -2.54. The summed E-state index contributed by atoms with van der Waals surface area (Å²) < 4.78 is 13.9. The van der Waals surface area contributed by atoms with Crippen LogP contribution in [-0.4, -0.2) is 38.4 Å². The van der Waals surface area contributed by atoms with Gasteiger partial charge in [-0.25, -0.2) is 9.18 Å². The van der Waals surface area contributed by atoms with Gasteiger partial charge in [0.25, 0.3) is 0 Å². The van der Waals surface area contributed by atoms with Crippen LogP contribution in [-0.2, 0) is 6.42 Å². The molecule has 4 nitrogen and oxygen atoms in total. The Morgan fingerprint density at radius 1 is 1.38 bits per heavy atom. The number of rotatable bonds is 3. The van der Waals surface area contributed by atoms with Gasteiger partial charge in [0.05, 0.1) is 5.60 Å². The van der Waals surface area contributed by atoms with Crippen molar-refractivity contribution in [1.82, 2.24) is 4.90 Å². The number of halogens is 2. The van der Waals surface area contributed by atoms with Crippen LogP contribution in [0.25, 0.3) is 0 Å². The van der Waals surface area contributed by atoms with Crippen LogP contribution in [0.4, 0.5) is 9.18 Å². The maximum Gasteiger partial charge on any atom is 0.407 e. The Balaban J connectivity index is 2.08. The molecular weight excluding hydrogens is 333 g/mol. The molecule has 1 aliphatic rings. The minimum Gasteiger partial charge on any atom is -0.465 e. The van der Waals surface area contributed by atoms with Crippen molar-refractivity contribution in [3.8, 4) is 0 Å². The molecule has 1 fully saturated rings. The molecule has 1 saturated carbocycles. The first-order valence-corrected chi connectivity index (χ1v) is 8.58. The predicted molar refractivity (Wildman–Crippen MR) is 91.9 cm³/mol. The lowest BCUT2D eigenvalue weighted by Gasteiger charge is -2.45. The standard InChI is InChI=1S/C18H25ClFNO3/c1-17(2,3)21(16(22)23)14-6-8-18(24,9-7-14)11-12-10-13(19)4-5-15(12)20/h4-5,10,14,24H,6-9,11H2,1-3H3,(H,22,23). The molecule has 0 aromatic heterocycles. The number of hydrogen-bond acceptors (Lipinski definition) is 2. The number of benzene rings is 1. The fourth-order valence-corrected chi connectivity index (χ4v) is 3.79. The second-order valence-corrected chi connectivity index (χ2v) is 8.13. The second-order valence-electron chi connectivity index (χ2n) is 7.69. The molecule has 1 aromatic rings. The van der Waals surface area contributed by atoms with Crippen molar-refractivity contribution in [3.05, 3.63) is 34.6 Å². The van der Waals surface area contributed by atoms with E-state index in [9.17, 15) is 19.4 Å². The van der Waals surface area contributed by atoms with Crippen molar-refractivity contribution < 1.29 is 19.4 Å². The zero-order chi connectivity index (χ0) is 18.1. The Kier molecular flexibility index (Phi) is 5.45. The first-order chi connectivity index (χ1) is 11.0. The van der Waals surface area contributed by atoms with Gasteiger partial charge in [0.2, 0.25) is 0 Å². The van der Waals surface area contributed by atoms with E-state index in [4.69, 9.17) is 11.6 Å². The summed E-state index contributed by atoms with van der Waals surface area (Å²) in [7, 11) is 0. The van der Waals surface area contributed by atoms with Crippen LogP contribution in [0.2, 0.25) is 5.02 Å². The van der Waals surface area contributed by atoms with Crippen LogP contribution in [0.3, 0.4) is 0 Å². The van der Waals surface area contributed by atoms with E-state index in [2.05, 4.69) is 0 Å². The Labute approximate surface area is 147 Å². The molecule has 2 rings (SSSR count). The summed E-state index contributed by atoms with van der Waals surface area (Å²) in [4.78, 5) is 13.0. The van der Waals surface area contributed by atoms with E-state index in [0.717, 1.165) is 0 Å². The van der Waals surface area contributed by atoms with Gasteiger partial charge in [-0.1, -0.05) is 11.6 Å². The highest BCUT2D eigenvalue weighted by Gasteiger charge is 2.40. The minimum atomic E-state index is -1.02. The second kappa shape index (κ2) is 6.89. The van der Waals surface area contributed by atoms with Gasteiger partial charge in [0.1, 0.15) is 5.82 Å². The summed E-state index contributed by atoms with van der Waals surface area (Å²) in [6.45, 7) is 5.59. The zero-order valence-corrected chi connectivity index (χ0v) is 15.1. The molecule has 0 radical (unpaired) electrons. The number of carboxylic acid groups (broad SMARTS) is 1. The van der Waals surface area contributed by atoms with Crippen LogP contribution in [0.15, 0.2) is 18.2 Å². The van der Waals surface area contributed by atoms with Gasteiger partial charge in [-0.05, 0) is 70.2 Å². The Bertz CT molecular complexity index is 607.